The third-order valence-corrected chi connectivity index (χ3v) is 4.80. The van der Waals surface area contributed by atoms with Crippen LogP contribution in [0.2, 0.25) is 0 Å². The number of para-hydroxylation sites is 1. The fourth-order valence-electron chi connectivity index (χ4n) is 2.81. The van der Waals surface area contributed by atoms with Crippen LogP contribution in [0.25, 0.3) is 11.3 Å². The zero-order valence-corrected chi connectivity index (χ0v) is 13.9. The van der Waals surface area contributed by atoms with Crippen LogP contribution < -0.4 is 10.1 Å². The van der Waals surface area contributed by atoms with E-state index in [2.05, 4.69) is 10.3 Å². The number of hydrogen-bond donors (Lipinski definition) is 2. The van der Waals surface area contributed by atoms with Gasteiger partial charge in [0.05, 0.1) is 12.3 Å². The molecule has 0 spiro atoms. The first-order valence-electron chi connectivity index (χ1n) is 7.84. The van der Waals surface area contributed by atoms with Crippen molar-refractivity contribution >= 4 is 22.4 Å². The Morgan fingerprint density at radius 3 is 2.87 bits per heavy atom. The van der Waals surface area contributed by atoms with Crippen LogP contribution >= 0.6 is 11.3 Å². The second-order valence-corrected chi connectivity index (χ2v) is 6.52. The number of carbonyl (C=O) groups excluding carboxylic acids is 1. The molecule has 2 aromatic rings. The van der Waals surface area contributed by atoms with Gasteiger partial charge in [-0.3, -0.25) is 10.1 Å². The predicted molar refractivity (Wildman–Crippen MR) is 90.8 cm³/mol. The first kappa shape index (κ1) is 16.0. The van der Waals surface area contributed by atoms with Gasteiger partial charge in [-0.2, -0.15) is 0 Å². The minimum absolute atomic E-state index is 0.353. The number of rotatable bonds is 5. The van der Waals surface area contributed by atoms with Crippen molar-refractivity contribution in [2.75, 3.05) is 11.9 Å². The summed E-state index contributed by atoms with van der Waals surface area (Å²) in [5.74, 6) is 0.418. The van der Waals surface area contributed by atoms with Gasteiger partial charge in [-0.15, -0.1) is 11.3 Å². The number of nitrogens with zero attached hydrogens (tertiary/aromatic N) is 1. The lowest BCUT2D eigenvalue weighted by atomic mass is 10.0. The van der Waals surface area contributed by atoms with Gasteiger partial charge in [-0.05, 0) is 44.7 Å². The number of carbonyl (C=O) groups is 1. The summed E-state index contributed by atoms with van der Waals surface area (Å²) < 4.78 is 5.62. The Labute approximate surface area is 139 Å². The van der Waals surface area contributed by atoms with Crippen molar-refractivity contribution in [2.24, 2.45) is 0 Å². The molecule has 0 unspecified atom stereocenters. The van der Waals surface area contributed by atoms with E-state index in [1.54, 1.807) is 0 Å². The van der Waals surface area contributed by atoms with Crippen LogP contribution in [0, 0.1) is 0 Å². The number of amides is 1. The predicted octanol–water partition coefficient (Wildman–Crippen LogP) is 3.45. The Balaban J connectivity index is 1.77. The van der Waals surface area contributed by atoms with Crippen molar-refractivity contribution in [1.82, 2.24) is 4.98 Å². The molecule has 5 nitrogen and oxygen atoms in total. The molecule has 0 saturated heterocycles. The summed E-state index contributed by atoms with van der Waals surface area (Å²) in [7, 11) is 0. The number of anilines is 1. The van der Waals surface area contributed by atoms with Crippen LogP contribution in [0.15, 0.2) is 29.6 Å². The van der Waals surface area contributed by atoms with E-state index in [0.29, 0.717) is 24.6 Å². The maximum absolute atomic E-state index is 12.2. The molecule has 1 fully saturated rings. The summed E-state index contributed by atoms with van der Waals surface area (Å²) in [4.78, 5) is 16.7. The van der Waals surface area contributed by atoms with Crippen molar-refractivity contribution < 1.29 is 14.6 Å². The van der Waals surface area contributed by atoms with Crippen molar-refractivity contribution in [3.63, 3.8) is 0 Å². The zero-order chi connectivity index (χ0) is 16.3. The normalized spacial score (nSPS) is 16.3. The highest BCUT2D eigenvalue weighted by Gasteiger charge is 2.39. The van der Waals surface area contributed by atoms with Gasteiger partial charge in [0, 0.05) is 10.9 Å². The molecule has 0 radical (unpaired) electrons. The van der Waals surface area contributed by atoms with Crippen LogP contribution in [-0.4, -0.2) is 28.2 Å². The molecule has 1 aliphatic carbocycles. The Kier molecular flexibility index (Phi) is 4.63. The highest BCUT2D eigenvalue weighted by Crippen LogP contribution is 2.34. The number of benzene rings is 1. The van der Waals surface area contributed by atoms with E-state index >= 15 is 0 Å². The maximum Gasteiger partial charge on any atom is 0.258 e. The van der Waals surface area contributed by atoms with E-state index in [1.807, 2.05) is 36.6 Å². The van der Waals surface area contributed by atoms with Gasteiger partial charge in [0.2, 0.25) is 0 Å². The molecule has 0 bridgehead atoms. The second kappa shape index (κ2) is 6.68. The highest BCUT2D eigenvalue weighted by molar-refractivity contribution is 7.14. The van der Waals surface area contributed by atoms with E-state index in [9.17, 15) is 9.90 Å². The Hall–Kier alpha value is -1.92. The highest BCUT2D eigenvalue weighted by atomic mass is 32.1. The molecule has 1 aromatic heterocycles. The molecule has 0 atom stereocenters. The molecule has 1 aromatic carbocycles. The molecule has 122 valence electrons. The van der Waals surface area contributed by atoms with Gasteiger partial charge in [0.15, 0.2) is 5.13 Å². The van der Waals surface area contributed by atoms with E-state index in [1.165, 1.54) is 11.3 Å². The van der Waals surface area contributed by atoms with Gasteiger partial charge >= 0.3 is 0 Å². The molecule has 1 saturated carbocycles. The second-order valence-electron chi connectivity index (χ2n) is 5.66. The number of nitrogens with one attached hydrogen (secondary N) is 1. The molecule has 6 heteroatoms. The zero-order valence-electron chi connectivity index (χ0n) is 13.0. The Bertz CT molecular complexity index is 693. The quantitative estimate of drug-likeness (QED) is 0.880. The smallest absolute Gasteiger partial charge is 0.258 e. The molecular weight excluding hydrogens is 312 g/mol. The van der Waals surface area contributed by atoms with E-state index in [0.717, 1.165) is 29.8 Å². The summed E-state index contributed by atoms with van der Waals surface area (Å²) in [5.41, 5.74) is 0.410. The van der Waals surface area contributed by atoms with Crippen LogP contribution in [0.5, 0.6) is 5.75 Å². The SMILES string of the molecule is CCOc1ccccc1-c1csc(NC(=O)C2(O)CCCC2)n1. The fourth-order valence-corrected chi connectivity index (χ4v) is 3.52. The minimum Gasteiger partial charge on any atom is -0.493 e. The fraction of sp³-hybridized carbons (Fsp3) is 0.412. The number of thiazole rings is 1. The summed E-state index contributed by atoms with van der Waals surface area (Å²) >= 11 is 1.35. The Morgan fingerprint density at radius 2 is 2.13 bits per heavy atom. The Morgan fingerprint density at radius 1 is 1.39 bits per heavy atom. The van der Waals surface area contributed by atoms with Crippen molar-refractivity contribution in [3.05, 3.63) is 29.6 Å². The third kappa shape index (κ3) is 3.38. The van der Waals surface area contributed by atoms with E-state index < -0.39 is 5.60 Å². The standard InChI is InChI=1S/C17H20N2O3S/c1-2-22-14-8-4-3-7-12(14)13-11-23-16(18-13)19-15(20)17(21)9-5-6-10-17/h3-4,7-8,11,21H,2,5-6,9-10H2,1H3,(H,18,19,20). The summed E-state index contributed by atoms with van der Waals surface area (Å²) in [6.45, 7) is 2.52. The van der Waals surface area contributed by atoms with Crippen molar-refractivity contribution in [1.29, 1.82) is 0 Å². The molecule has 1 aliphatic rings. The topological polar surface area (TPSA) is 71.5 Å². The number of hydrogen-bond acceptors (Lipinski definition) is 5. The van der Waals surface area contributed by atoms with Gasteiger partial charge in [-0.25, -0.2) is 4.98 Å². The summed E-state index contributed by atoms with van der Waals surface area (Å²) in [6, 6.07) is 7.68. The van der Waals surface area contributed by atoms with Crippen LogP contribution in [-0.2, 0) is 4.79 Å². The molecule has 3 rings (SSSR count). The van der Waals surface area contributed by atoms with E-state index in [4.69, 9.17) is 4.74 Å². The average molecular weight is 332 g/mol. The molecule has 2 N–H and O–H groups in total. The molecule has 0 aliphatic heterocycles. The van der Waals surface area contributed by atoms with Crippen LogP contribution in [0.4, 0.5) is 5.13 Å². The number of ether oxygens (including phenoxy) is 1. The average Bonchev–Trinajstić information content (AvgIpc) is 3.18. The van der Waals surface area contributed by atoms with Crippen molar-refractivity contribution in [3.8, 4) is 17.0 Å². The minimum atomic E-state index is -1.24. The maximum atomic E-state index is 12.2. The molecule has 1 heterocycles. The summed E-state index contributed by atoms with van der Waals surface area (Å²) in [6.07, 6.45) is 2.80. The molecule has 1 amide bonds. The van der Waals surface area contributed by atoms with Gasteiger partial charge in [0.25, 0.3) is 5.91 Å². The number of aromatic nitrogens is 1. The molecular formula is C17H20N2O3S. The first-order valence-corrected chi connectivity index (χ1v) is 8.72. The number of aliphatic hydroxyl groups is 1. The van der Waals surface area contributed by atoms with Gasteiger partial charge in [-0.1, -0.05) is 12.1 Å². The third-order valence-electron chi connectivity index (χ3n) is 4.04. The largest absolute Gasteiger partial charge is 0.493 e. The van der Waals surface area contributed by atoms with E-state index in [-0.39, 0.29) is 5.91 Å². The lowest BCUT2D eigenvalue weighted by Crippen LogP contribution is -2.40. The van der Waals surface area contributed by atoms with Crippen LogP contribution in [0.1, 0.15) is 32.6 Å². The monoisotopic (exact) mass is 332 g/mol. The lowest BCUT2D eigenvalue weighted by molar-refractivity contribution is -0.133. The van der Waals surface area contributed by atoms with Gasteiger partial charge in [0.1, 0.15) is 11.4 Å². The summed E-state index contributed by atoms with van der Waals surface area (Å²) in [5, 5.41) is 15.4. The molecule has 23 heavy (non-hydrogen) atoms. The lowest BCUT2D eigenvalue weighted by Gasteiger charge is -2.19. The van der Waals surface area contributed by atoms with Crippen LogP contribution in [0.3, 0.4) is 0 Å². The van der Waals surface area contributed by atoms with Crippen molar-refractivity contribution in [2.45, 2.75) is 38.2 Å². The first-order chi connectivity index (χ1) is 11.1. The van der Waals surface area contributed by atoms with Gasteiger partial charge < -0.3 is 9.84 Å².